The average Bonchev–Trinajstić information content (AvgIpc) is 2.29. The SMILES string of the molecule is CC(C)N1CCCC(CC2(C)CCCCN2)C1. The van der Waals surface area contributed by atoms with E-state index in [9.17, 15) is 0 Å². The second-order valence-electron chi connectivity index (χ2n) is 6.75. The zero-order chi connectivity index (χ0) is 12.3. The van der Waals surface area contributed by atoms with Gasteiger partial charge in [-0.05, 0) is 71.9 Å². The topological polar surface area (TPSA) is 15.3 Å². The van der Waals surface area contributed by atoms with Crippen LogP contribution < -0.4 is 5.32 Å². The van der Waals surface area contributed by atoms with Gasteiger partial charge in [0.05, 0.1) is 0 Å². The summed E-state index contributed by atoms with van der Waals surface area (Å²) in [6, 6.07) is 0.727. The molecule has 2 unspecified atom stereocenters. The zero-order valence-electron chi connectivity index (χ0n) is 12.0. The molecule has 0 radical (unpaired) electrons. The first-order valence-corrected chi connectivity index (χ1v) is 7.58. The maximum absolute atomic E-state index is 3.77. The summed E-state index contributed by atoms with van der Waals surface area (Å²) in [5, 5.41) is 3.77. The van der Waals surface area contributed by atoms with Crippen LogP contribution in [0.5, 0.6) is 0 Å². The fraction of sp³-hybridized carbons (Fsp3) is 1.00. The number of likely N-dealkylation sites (tertiary alicyclic amines) is 1. The maximum atomic E-state index is 3.77. The lowest BCUT2D eigenvalue weighted by Gasteiger charge is -2.42. The predicted octanol–water partition coefficient (Wildman–Crippen LogP) is 3.03. The van der Waals surface area contributed by atoms with Crippen LogP contribution in [0, 0.1) is 5.92 Å². The van der Waals surface area contributed by atoms with Gasteiger partial charge in [0.1, 0.15) is 0 Å². The van der Waals surface area contributed by atoms with Crippen LogP contribution in [0.15, 0.2) is 0 Å². The van der Waals surface area contributed by atoms with Crippen molar-refractivity contribution < 1.29 is 0 Å². The molecule has 2 saturated heterocycles. The molecule has 2 rings (SSSR count). The van der Waals surface area contributed by atoms with E-state index in [1.165, 1.54) is 58.2 Å². The number of hydrogen-bond acceptors (Lipinski definition) is 2. The van der Waals surface area contributed by atoms with Crippen molar-refractivity contribution in [3.63, 3.8) is 0 Å². The van der Waals surface area contributed by atoms with Gasteiger partial charge in [0.15, 0.2) is 0 Å². The first-order valence-electron chi connectivity index (χ1n) is 7.58. The zero-order valence-corrected chi connectivity index (χ0v) is 12.0. The average molecular weight is 238 g/mol. The second kappa shape index (κ2) is 5.71. The molecule has 2 heterocycles. The monoisotopic (exact) mass is 238 g/mol. The molecule has 1 N–H and O–H groups in total. The molecule has 0 saturated carbocycles. The molecular formula is C15H30N2. The second-order valence-corrected chi connectivity index (χ2v) is 6.75. The molecule has 17 heavy (non-hydrogen) atoms. The van der Waals surface area contributed by atoms with E-state index in [1.807, 2.05) is 0 Å². The maximum Gasteiger partial charge on any atom is 0.0156 e. The third-order valence-electron chi connectivity index (χ3n) is 4.73. The summed E-state index contributed by atoms with van der Waals surface area (Å²) >= 11 is 0. The summed E-state index contributed by atoms with van der Waals surface area (Å²) < 4.78 is 0. The molecule has 0 aromatic carbocycles. The predicted molar refractivity (Wildman–Crippen MR) is 74.3 cm³/mol. The Morgan fingerprint density at radius 1 is 1.29 bits per heavy atom. The molecule has 2 aliphatic rings. The molecule has 0 spiro atoms. The molecule has 100 valence electrons. The van der Waals surface area contributed by atoms with E-state index in [2.05, 4.69) is 31.0 Å². The highest BCUT2D eigenvalue weighted by molar-refractivity contribution is 4.90. The minimum absolute atomic E-state index is 0.433. The minimum Gasteiger partial charge on any atom is -0.312 e. The van der Waals surface area contributed by atoms with Crippen molar-refractivity contribution in [1.29, 1.82) is 0 Å². The van der Waals surface area contributed by atoms with Crippen molar-refractivity contribution in [2.24, 2.45) is 5.92 Å². The number of hydrogen-bond donors (Lipinski definition) is 1. The van der Waals surface area contributed by atoms with E-state index in [-0.39, 0.29) is 0 Å². The lowest BCUT2D eigenvalue weighted by atomic mass is 9.79. The molecule has 2 nitrogen and oxygen atoms in total. The highest BCUT2D eigenvalue weighted by Crippen LogP contribution is 2.30. The van der Waals surface area contributed by atoms with Gasteiger partial charge in [0.25, 0.3) is 0 Å². The molecule has 0 aromatic heterocycles. The third-order valence-corrected chi connectivity index (χ3v) is 4.73. The Morgan fingerprint density at radius 2 is 2.12 bits per heavy atom. The van der Waals surface area contributed by atoms with Crippen LogP contribution in [0.3, 0.4) is 0 Å². The molecule has 2 heteroatoms. The van der Waals surface area contributed by atoms with Gasteiger partial charge in [-0.15, -0.1) is 0 Å². The van der Waals surface area contributed by atoms with Crippen LogP contribution in [0.1, 0.15) is 59.3 Å². The fourth-order valence-electron chi connectivity index (χ4n) is 3.66. The Balaban J connectivity index is 1.85. The van der Waals surface area contributed by atoms with Crippen LogP contribution in [-0.2, 0) is 0 Å². The number of rotatable bonds is 3. The first kappa shape index (κ1) is 13.4. The van der Waals surface area contributed by atoms with Crippen molar-refractivity contribution >= 4 is 0 Å². The van der Waals surface area contributed by atoms with E-state index in [1.54, 1.807) is 0 Å². The summed E-state index contributed by atoms with van der Waals surface area (Å²) in [5.74, 6) is 0.918. The Kier molecular flexibility index (Phi) is 4.48. The summed E-state index contributed by atoms with van der Waals surface area (Å²) in [4.78, 5) is 2.67. The van der Waals surface area contributed by atoms with E-state index in [4.69, 9.17) is 0 Å². The van der Waals surface area contributed by atoms with Crippen molar-refractivity contribution in [3.05, 3.63) is 0 Å². The van der Waals surface area contributed by atoms with Crippen molar-refractivity contribution in [2.75, 3.05) is 19.6 Å². The number of nitrogens with zero attached hydrogens (tertiary/aromatic N) is 1. The molecule has 0 aliphatic carbocycles. The lowest BCUT2D eigenvalue weighted by Crippen LogP contribution is -2.49. The van der Waals surface area contributed by atoms with Gasteiger partial charge in [-0.25, -0.2) is 0 Å². The molecule has 0 aromatic rings. The third kappa shape index (κ3) is 3.69. The van der Waals surface area contributed by atoms with Gasteiger partial charge in [0, 0.05) is 18.1 Å². The summed E-state index contributed by atoms with van der Waals surface area (Å²) in [5.41, 5.74) is 0.433. The Hall–Kier alpha value is -0.0800. The number of nitrogens with one attached hydrogen (secondary N) is 1. The van der Waals surface area contributed by atoms with Crippen LogP contribution >= 0.6 is 0 Å². The van der Waals surface area contributed by atoms with Gasteiger partial charge in [-0.1, -0.05) is 6.42 Å². The van der Waals surface area contributed by atoms with Crippen molar-refractivity contribution in [3.8, 4) is 0 Å². The van der Waals surface area contributed by atoms with Crippen LogP contribution in [-0.4, -0.2) is 36.1 Å². The summed E-state index contributed by atoms with van der Waals surface area (Å²) in [6.07, 6.45) is 8.41. The Labute approximate surface area is 107 Å². The van der Waals surface area contributed by atoms with Gasteiger partial charge < -0.3 is 10.2 Å². The van der Waals surface area contributed by atoms with E-state index >= 15 is 0 Å². The van der Waals surface area contributed by atoms with Gasteiger partial charge >= 0.3 is 0 Å². The standard InChI is InChI=1S/C15H30N2/c1-13(2)17-10-6-7-14(12-17)11-15(3)8-4-5-9-16-15/h13-14,16H,4-12H2,1-3H3. The van der Waals surface area contributed by atoms with E-state index in [0.717, 1.165) is 12.0 Å². The normalized spacial score (nSPS) is 36.4. The van der Waals surface area contributed by atoms with Crippen LogP contribution in [0.2, 0.25) is 0 Å². The van der Waals surface area contributed by atoms with Crippen LogP contribution in [0.25, 0.3) is 0 Å². The van der Waals surface area contributed by atoms with Crippen molar-refractivity contribution in [2.45, 2.75) is 70.9 Å². The number of piperidine rings is 2. The molecule has 2 aliphatic heterocycles. The van der Waals surface area contributed by atoms with E-state index < -0.39 is 0 Å². The van der Waals surface area contributed by atoms with Gasteiger partial charge in [0.2, 0.25) is 0 Å². The summed E-state index contributed by atoms with van der Waals surface area (Å²) in [7, 11) is 0. The quantitative estimate of drug-likeness (QED) is 0.813. The highest BCUT2D eigenvalue weighted by Gasteiger charge is 2.31. The van der Waals surface area contributed by atoms with Crippen molar-refractivity contribution in [1.82, 2.24) is 10.2 Å². The lowest BCUT2D eigenvalue weighted by molar-refractivity contribution is 0.108. The molecule has 2 fully saturated rings. The minimum atomic E-state index is 0.433. The van der Waals surface area contributed by atoms with Gasteiger partial charge in [-0.2, -0.15) is 0 Å². The molecule has 0 bridgehead atoms. The molecule has 0 amide bonds. The largest absolute Gasteiger partial charge is 0.312 e. The van der Waals surface area contributed by atoms with Gasteiger partial charge in [-0.3, -0.25) is 0 Å². The molecular weight excluding hydrogens is 208 g/mol. The Morgan fingerprint density at radius 3 is 2.76 bits per heavy atom. The molecule has 2 atom stereocenters. The fourth-order valence-corrected chi connectivity index (χ4v) is 3.66. The smallest absolute Gasteiger partial charge is 0.0156 e. The highest BCUT2D eigenvalue weighted by atomic mass is 15.2. The van der Waals surface area contributed by atoms with E-state index in [0.29, 0.717) is 5.54 Å². The Bertz CT molecular complexity index is 231. The summed E-state index contributed by atoms with van der Waals surface area (Å²) in [6.45, 7) is 11.0. The van der Waals surface area contributed by atoms with Crippen LogP contribution in [0.4, 0.5) is 0 Å². The first-order chi connectivity index (χ1) is 8.09.